The van der Waals surface area contributed by atoms with E-state index in [9.17, 15) is 9.18 Å². The first kappa shape index (κ1) is 19.5. The van der Waals surface area contributed by atoms with Crippen LogP contribution in [0.4, 0.5) is 4.39 Å². The standard InChI is InChI=1S/C25H35FN2O/c26-17-23-10-19-11-24(14-23,20-4-2-1-3-5-20)16-25(12-19,15-23)22(29)28-21-8-6-18(13-27)7-9-21/h1-5,18-19,21H,6-17,27H2,(H,28,29)/t18?,19?,21?,23-,24+,25+/m0/s1. The van der Waals surface area contributed by atoms with Gasteiger partial charge in [0, 0.05) is 11.5 Å². The summed E-state index contributed by atoms with van der Waals surface area (Å²) in [4.78, 5) is 13.7. The van der Waals surface area contributed by atoms with Crippen molar-refractivity contribution in [2.75, 3.05) is 13.2 Å². The Morgan fingerprint density at radius 1 is 1.03 bits per heavy atom. The molecule has 1 amide bonds. The quantitative estimate of drug-likeness (QED) is 0.767. The fourth-order valence-electron chi connectivity index (χ4n) is 8.03. The largest absolute Gasteiger partial charge is 0.353 e. The molecular formula is C25H35FN2O. The smallest absolute Gasteiger partial charge is 0.226 e. The van der Waals surface area contributed by atoms with E-state index in [1.807, 2.05) is 0 Å². The van der Waals surface area contributed by atoms with Crippen molar-refractivity contribution in [1.82, 2.24) is 5.32 Å². The number of hydrogen-bond donors (Lipinski definition) is 2. The van der Waals surface area contributed by atoms with E-state index in [4.69, 9.17) is 5.73 Å². The summed E-state index contributed by atoms with van der Waals surface area (Å²) in [5.41, 5.74) is 6.44. The maximum atomic E-state index is 14.5. The second-order valence-corrected chi connectivity index (χ2v) is 11.0. The first-order chi connectivity index (χ1) is 14.0. The van der Waals surface area contributed by atoms with E-state index in [-0.39, 0.29) is 34.9 Å². The number of halogens is 1. The molecule has 29 heavy (non-hydrogen) atoms. The molecule has 5 saturated carbocycles. The molecule has 0 aromatic heterocycles. The van der Waals surface area contributed by atoms with Crippen molar-refractivity contribution in [3.05, 3.63) is 35.9 Å². The van der Waals surface area contributed by atoms with Crippen LogP contribution in [0, 0.1) is 22.7 Å². The van der Waals surface area contributed by atoms with E-state index in [1.165, 1.54) is 5.56 Å². The molecule has 4 bridgehead atoms. The van der Waals surface area contributed by atoms with E-state index in [0.29, 0.717) is 11.8 Å². The van der Waals surface area contributed by atoms with Gasteiger partial charge in [0.1, 0.15) is 0 Å². The molecule has 158 valence electrons. The minimum atomic E-state index is -0.383. The van der Waals surface area contributed by atoms with Crippen molar-refractivity contribution < 1.29 is 9.18 Å². The third-order valence-corrected chi connectivity index (χ3v) is 8.85. The van der Waals surface area contributed by atoms with Gasteiger partial charge in [-0.25, -0.2) is 0 Å². The molecule has 0 heterocycles. The van der Waals surface area contributed by atoms with Crippen LogP contribution in [0.5, 0.6) is 0 Å². The van der Waals surface area contributed by atoms with Gasteiger partial charge in [-0.2, -0.15) is 0 Å². The molecule has 1 aromatic rings. The third kappa shape index (κ3) is 3.22. The summed E-state index contributed by atoms with van der Waals surface area (Å²) in [6.45, 7) is 0.472. The number of hydrogen-bond acceptors (Lipinski definition) is 2. The number of carbonyl (C=O) groups is 1. The molecule has 3 N–H and O–H groups in total. The van der Waals surface area contributed by atoms with Gasteiger partial charge >= 0.3 is 0 Å². The molecule has 0 spiro atoms. The molecule has 0 saturated heterocycles. The molecule has 6 rings (SSSR count). The number of amides is 1. The van der Waals surface area contributed by atoms with Crippen molar-refractivity contribution >= 4 is 5.91 Å². The fraction of sp³-hybridized carbons (Fsp3) is 0.720. The monoisotopic (exact) mass is 398 g/mol. The predicted octanol–water partition coefficient (Wildman–Crippen LogP) is 4.50. The first-order valence-electron chi connectivity index (χ1n) is 11.6. The average molecular weight is 399 g/mol. The maximum Gasteiger partial charge on any atom is 0.226 e. The van der Waals surface area contributed by atoms with E-state index >= 15 is 0 Å². The zero-order valence-corrected chi connectivity index (χ0v) is 17.5. The Morgan fingerprint density at radius 3 is 2.48 bits per heavy atom. The van der Waals surface area contributed by atoms with Crippen molar-refractivity contribution in [3.8, 4) is 0 Å². The highest BCUT2D eigenvalue weighted by Gasteiger charge is 2.66. The van der Waals surface area contributed by atoms with Crippen molar-refractivity contribution in [1.29, 1.82) is 0 Å². The Hall–Kier alpha value is -1.42. The van der Waals surface area contributed by atoms with Crippen molar-refractivity contribution in [2.45, 2.75) is 75.7 Å². The molecule has 0 radical (unpaired) electrons. The maximum absolute atomic E-state index is 14.5. The fourth-order valence-corrected chi connectivity index (χ4v) is 8.03. The van der Waals surface area contributed by atoms with Crippen LogP contribution in [0.1, 0.15) is 69.8 Å². The zero-order chi connectivity index (χ0) is 20.1. The molecule has 5 fully saturated rings. The number of rotatable bonds is 5. The van der Waals surface area contributed by atoms with E-state index in [1.54, 1.807) is 0 Å². The first-order valence-corrected chi connectivity index (χ1v) is 11.6. The van der Waals surface area contributed by atoms with E-state index in [2.05, 4.69) is 35.6 Å². The summed E-state index contributed by atoms with van der Waals surface area (Å²) < 4.78 is 14.5. The molecule has 5 aliphatic rings. The van der Waals surface area contributed by atoms with Gasteiger partial charge in [-0.05, 0) is 93.6 Å². The van der Waals surface area contributed by atoms with Crippen molar-refractivity contribution in [2.24, 2.45) is 28.4 Å². The molecule has 3 nitrogen and oxygen atoms in total. The summed E-state index contributed by atoms with van der Waals surface area (Å²) in [6.07, 6.45) is 9.87. The molecule has 1 unspecified atom stereocenters. The molecular weight excluding hydrogens is 363 g/mol. The van der Waals surface area contributed by atoms with Crippen LogP contribution in [0.3, 0.4) is 0 Å². The molecule has 4 atom stereocenters. The van der Waals surface area contributed by atoms with Gasteiger partial charge in [-0.3, -0.25) is 9.18 Å². The zero-order valence-electron chi connectivity index (χ0n) is 17.5. The Bertz CT molecular complexity index is 761. The van der Waals surface area contributed by atoms with Gasteiger partial charge in [-0.1, -0.05) is 30.3 Å². The van der Waals surface area contributed by atoms with E-state index < -0.39 is 0 Å². The summed E-state index contributed by atoms with van der Waals surface area (Å²) in [5, 5.41) is 3.43. The predicted molar refractivity (Wildman–Crippen MR) is 113 cm³/mol. The van der Waals surface area contributed by atoms with Crippen LogP contribution in [-0.2, 0) is 10.2 Å². The lowest BCUT2D eigenvalue weighted by molar-refractivity contribution is -0.166. The highest BCUT2D eigenvalue weighted by molar-refractivity contribution is 5.84. The third-order valence-electron chi connectivity index (χ3n) is 8.85. The topological polar surface area (TPSA) is 55.1 Å². The van der Waals surface area contributed by atoms with Gasteiger partial charge in [-0.15, -0.1) is 0 Å². The van der Waals surface area contributed by atoms with Crippen molar-refractivity contribution in [3.63, 3.8) is 0 Å². The minimum absolute atomic E-state index is 0.0265. The summed E-state index contributed by atoms with van der Waals surface area (Å²) in [6, 6.07) is 10.9. The van der Waals surface area contributed by atoms with Crippen LogP contribution >= 0.6 is 0 Å². The summed E-state index contributed by atoms with van der Waals surface area (Å²) in [5.74, 6) is 1.30. The summed E-state index contributed by atoms with van der Waals surface area (Å²) in [7, 11) is 0. The second-order valence-electron chi connectivity index (χ2n) is 11.0. The average Bonchev–Trinajstić information content (AvgIpc) is 2.74. The van der Waals surface area contributed by atoms with Gasteiger partial charge in [0.2, 0.25) is 5.91 Å². The molecule has 5 aliphatic carbocycles. The minimum Gasteiger partial charge on any atom is -0.353 e. The molecule has 4 heteroatoms. The van der Waals surface area contributed by atoms with Crippen LogP contribution in [0.25, 0.3) is 0 Å². The van der Waals surface area contributed by atoms with Crippen LogP contribution in [-0.4, -0.2) is 25.2 Å². The van der Waals surface area contributed by atoms with Crippen LogP contribution in [0.15, 0.2) is 30.3 Å². The number of nitrogens with one attached hydrogen (secondary N) is 1. The van der Waals surface area contributed by atoms with Gasteiger partial charge in [0.25, 0.3) is 0 Å². The number of carbonyl (C=O) groups excluding carboxylic acids is 1. The lowest BCUT2D eigenvalue weighted by Gasteiger charge is -2.65. The summed E-state index contributed by atoms with van der Waals surface area (Å²) >= 11 is 0. The normalized spacial score (nSPS) is 43.3. The van der Waals surface area contributed by atoms with Crippen LogP contribution in [0.2, 0.25) is 0 Å². The van der Waals surface area contributed by atoms with E-state index in [0.717, 1.165) is 70.8 Å². The molecule has 1 aromatic carbocycles. The number of nitrogens with two attached hydrogens (primary N) is 1. The highest BCUT2D eigenvalue weighted by atomic mass is 19.1. The van der Waals surface area contributed by atoms with Gasteiger partial charge in [0.15, 0.2) is 0 Å². The SMILES string of the molecule is NCC1CCC(NC(=O)[C@]23CC4C[C@@](CF)(C2)C[C@](c2ccccc2)(C4)C3)CC1. The number of benzene rings is 1. The Balaban J connectivity index is 1.41. The Morgan fingerprint density at radius 2 is 1.79 bits per heavy atom. The molecule has 0 aliphatic heterocycles. The highest BCUT2D eigenvalue weighted by Crippen LogP contribution is 2.70. The Kier molecular flexibility index (Phi) is 4.77. The van der Waals surface area contributed by atoms with Crippen LogP contribution < -0.4 is 11.1 Å². The van der Waals surface area contributed by atoms with Gasteiger partial charge < -0.3 is 11.1 Å². The van der Waals surface area contributed by atoms with Gasteiger partial charge in [0.05, 0.1) is 12.1 Å². The lowest BCUT2D eigenvalue weighted by atomic mass is 9.38. The number of alkyl halides is 1. The second kappa shape index (κ2) is 7.08. The Labute approximate surface area is 174 Å². The lowest BCUT2D eigenvalue weighted by Crippen LogP contribution is -2.64.